The molecule has 2 N–H and O–H groups in total. The standard InChI is InChI=1S/C25H28N4O3/c1-3-6-17(4-2)18-10-19-14-29(15-20(19)11-18)23(31)8-5-7-16-9-21-24(26-12-16)28-22(30)13-27-25(21)32/h3-7,9-10,12,19-20H,8,11,13-15H2,1-2H3,(H,27,32)(H,26,28,30)/b6-3-,7-5+,17-4+. The second kappa shape index (κ2) is 9.34. The van der Waals surface area contributed by atoms with Crippen LogP contribution >= 0.6 is 0 Å². The first-order valence-electron chi connectivity index (χ1n) is 11.0. The molecule has 1 saturated heterocycles. The monoisotopic (exact) mass is 432 g/mol. The molecule has 7 nitrogen and oxygen atoms in total. The van der Waals surface area contributed by atoms with E-state index >= 15 is 0 Å². The fourth-order valence-corrected chi connectivity index (χ4v) is 4.60. The summed E-state index contributed by atoms with van der Waals surface area (Å²) >= 11 is 0. The van der Waals surface area contributed by atoms with Gasteiger partial charge in [-0.1, -0.05) is 36.5 Å². The van der Waals surface area contributed by atoms with Gasteiger partial charge in [-0.05, 0) is 54.9 Å². The molecule has 2 aliphatic heterocycles. The van der Waals surface area contributed by atoms with Crippen LogP contribution in [0.5, 0.6) is 0 Å². The van der Waals surface area contributed by atoms with E-state index in [0.717, 1.165) is 19.5 Å². The van der Waals surface area contributed by atoms with Gasteiger partial charge in [-0.25, -0.2) is 4.98 Å². The van der Waals surface area contributed by atoms with E-state index in [9.17, 15) is 14.4 Å². The molecule has 2 atom stereocenters. The molecule has 1 aromatic heterocycles. The zero-order valence-corrected chi connectivity index (χ0v) is 18.4. The van der Waals surface area contributed by atoms with Crippen molar-refractivity contribution in [3.05, 3.63) is 64.9 Å². The molecule has 2 unspecified atom stereocenters. The Morgan fingerprint density at radius 1 is 1.28 bits per heavy atom. The predicted octanol–water partition coefficient (Wildman–Crippen LogP) is 3.09. The van der Waals surface area contributed by atoms with Crippen LogP contribution in [0.2, 0.25) is 0 Å². The predicted molar refractivity (Wildman–Crippen MR) is 124 cm³/mol. The molecule has 0 aromatic carbocycles. The van der Waals surface area contributed by atoms with Crippen molar-refractivity contribution in [3.63, 3.8) is 0 Å². The van der Waals surface area contributed by atoms with Gasteiger partial charge in [0.15, 0.2) is 0 Å². The number of likely N-dealkylation sites (tertiary alicyclic amines) is 1. The fourth-order valence-electron chi connectivity index (χ4n) is 4.60. The first kappa shape index (κ1) is 21.7. The van der Waals surface area contributed by atoms with E-state index in [2.05, 4.69) is 46.8 Å². The summed E-state index contributed by atoms with van der Waals surface area (Å²) < 4.78 is 0. The van der Waals surface area contributed by atoms with Gasteiger partial charge < -0.3 is 15.5 Å². The second-order valence-corrected chi connectivity index (χ2v) is 8.36. The molecule has 3 aliphatic rings. The Morgan fingerprint density at radius 3 is 2.88 bits per heavy atom. The van der Waals surface area contributed by atoms with E-state index in [1.54, 1.807) is 24.4 Å². The number of nitrogens with one attached hydrogen (secondary N) is 2. The van der Waals surface area contributed by atoms with Gasteiger partial charge >= 0.3 is 0 Å². The first-order chi connectivity index (χ1) is 15.5. The number of rotatable bonds is 5. The third kappa shape index (κ3) is 4.56. The average Bonchev–Trinajstić information content (AvgIpc) is 3.32. The maximum absolute atomic E-state index is 12.7. The van der Waals surface area contributed by atoms with Crippen LogP contribution in [0, 0.1) is 11.8 Å². The molecule has 1 aliphatic carbocycles. The highest BCUT2D eigenvalue weighted by atomic mass is 16.2. The molecule has 4 rings (SSSR count). The molecule has 1 fully saturated rings. The Hall–Kier alpha value is -3.48. The van der Waals surface area contributed by atoms with Gasteiger partial charge in [-0.3, -0.25) is 14.4 Å². The van der Waals surface area contributed by atoms with E-state index in [1.807, 2.05) is 11.8 Å². The Labute approximate surface area is 188 Å². The van der Waals surface area contributed by atoms with Crippen molar-refractivity contribution in [3.8, 4) is 0 Å². The van der Waals surface area contributed by atoms with Crippen LogP contribution in [0.3, 0.4) is 0 Å². The van der Waals surface area contributed by atoms with Crippen LogP contribution in [-0.4, -0.2) is 47.2 Å². The summed E-state index contributed by atoms with van der Waals surface area (Å²) in [5.41, 5.74) is 3.70. The van der Waals surface area contributed by atoms with Gasteiger partial charge in [-0.15, -0.1) is 0 Å². The largest absolute Gasteiger partial charge is 0.343 e. The molecule has 3 heterocycles. The Kier molecular flexibility index (Phi) is 6.35. The Balaban J connectivity index is 1.35. The average molecular weight is 433 g/mol. The quantitative estimate of drug-likeness (QED) is 0.700. The minimum Gasteiger partial charge on any atom is -0.343 e. The highest BCUT2D eigenvalue weighted by molar-refractivity contribution is 6.07. The third-order valence-electron chi connectivity index (χ3n) is 6.19. The molecule has 0 saturated carbocycles. The normalized spacial score (nSPS) is 23.1. The number of anilines is 1. The zero-order chi connectivity index (χ0) is 22.7. The molecular formula is C25H28N4O3. The maximum Gasteiger partial charge on any atom is 0.255 e. The molecule has 166 valence electrons. The van der Waals surface area contributed by atoms with Gasteiger partial charge in [0.1, 0.15) is 5.82 Å². The van der Waals surface area contributed by atoms with E-state index in [4.69, 9.17) is 0 Å². The molecule has 0 bridgehead atoms. The minimum atomic E-state index is -0.344. The van der Waals surface area contributed by atoms with E-state index in [0.29, 0.717) is 29.4 Å². The lowest BCUT2D eigenvalue weighted by Gasteiger charge is -2.16. The fraction of sp³-hybridized carbons (Fsp3) is 0.360. The van der Waals surface area contributed by atoms with Gasteiger partial charge in [0.05, 0.1) is 12.1 Å². The van der Waals surface area contributed by atoms with Crippen molar-refractivity contribution in [1.29, 1.82) is 0 Å². The summed E-state index contributed by atoms with van der Waals surface area (Å²) in [5.74, 6) is 0.646. The van der Waals surface area contributed by atoms with Gasteiger partial charge in [0.2, 0.25) is 11.8 Å². The smallest absolute Gasteiger partial charge is 0.255 e. The molecule has 0 radical (unpaired) electrons. The minimum absolute atomic E-state index is 0.0747. The highest BCUT2D eigenvalue weighted by Crippen LogP contribution is 2.39. The molecule has 32 heavy (non-hydrogen) atoms. The van der Waals surface area contributed by atoms with Crippen LogP contribution in [0.25, 0.3) is 6.08 Å². The lowest BCUT2D eigenvalue weighted by Crippen LogP contribution is -2.28. The molecular weight excluding hydrogens is 404 g/mol. The third-order valence-corrected chi connectivity index (χ3v) is 6.19. The van der Waals surface area contributed by atoms with Crippen molar-refractivity contribution in [2.24, 2.45) is 11.8 Å². The number of allylic oxidation sites excluding steroid dienone is 5. The van der Waals surface area contributed by atoms with Crippen LogP contribution < -0.4 is 10.6 Å². The lowest BCUT2D eigenvalue weighted by atomic mass is 9.98. The highest BCUT2D eigenvalue weighted by Gasteiger charge is 2.38. The number of amides is 3. The van der Waals surface area contributed by atoms with Crippen LogP contribution in [0.15, 0.2) is 53.8 Å². The number of aromatic nitrogens is 1. The summed E-state index contributed by atoms with van der Waals surface area (Å²) in [6.45, 7) is 5.59. The van der Waals surface area contributed by atoms with E-state index in [-0.39, 0.29) is 30.1 Å². The summed E-state index contributed by atoms with van der Waals surface area (Å²) in [6.07, 6.45) is 15.2. The second-order valence-electron chi connectivity index (χ2n) is 8.36. The summed E-state index contributed by atoms with van der Waals surface area (Å²) in [7, 11) is 0. The maximum atomic E-state index is 12.7. The molecule has 7 heteroatoms. The Morgan fingerprint density at radius 2 is 2.12 bits per heavy atom. The number of nitrogens with zero attached hydrogens (tertiary/aromatic N) is 2. The van der Waals surface area contributed by atoms with Crippen LogP contribution in [-0.2, 0) is 9.59 Å². The van der Waals surface area contributed by atoms with Crippen molar-refractivity contribution < 1.29 is 14.4 Å². The summed E-state index contributed by atoms with van der Waals surface area (Å²) in [5, 5.41) is 5.14. The molecule has 3 amide bonds. The number of pyridine rings is 1. The molecule has 1 aromatic rings. The first-order valence-corrected chi connectivity index (χ1v) is 11.0. The number of carbonyl (C=O) groups excluding carboxylic acids is 3. The van der Waals surface area contributed by atoms with E-state index < -0.39 is 0 Å². The van der Waals surface area contributed by atoms with Gasteiger partial charge in [0, 0.05) is 25.7 Å². The summed E-state index contributed by atoms with van der Waals surface area (Å²) in [4.78, 5) is 42.6. The van der Waals surface area contributed by atoms with Crippen LogP contribution in [0.4, 0.5) is 5.82 Å². The SMILES string of the molecule is C/C=C\C(=C/C)C1=CC2CN(C(=O)C/C=C/c3cnc4c(c3)C(=O)NCC(=O)N4)CC2C1. The van der Waals surface area contributed by atoms with Crippen molar-refractivity contribution in [1.82, 2.24) is 15.2 Å². The Bertz CT molecular complexity index is 1070. The number of hydrogen-bond acceptors (Lipinski definition) is 4. The van der Waals surface area contributed by atoms with Crippen molar-refractivity contribution >= 4 is 29.6 Å². The van der Waals surface area contributed by atoms with Crippen LogP contribution in [0.1, 0.15) is 42.6 Å². The topological polar surface area (TPSA) is 91.4 Å². The van der Waals surface area contributed by atoms with Gasteiger partial charge in [0.25, 0.3) is 5.91 Å². The number of carbonyl (C=O) groups is 3. The lowest BCUT2D eigenvalue weighted by molar-refractivity contribution is -0.129. The zero-order valence-electron chi connectivity index (χ0n) is 18.4. The number of fused-ring (bicyclic) bond motifs is 2. The van der Waals surface area contributed by atoms with Crippen molar-refractivity contribution in [2.75, 3.05) is 25.0 Å². The summed E-state index contributed by atoms with van der Waals surface area (Å²) in [6, 6.07) is 1.67. The number of hydrogen-bond donors (Lipinski definition) is 2. The van der Waals surface area contributed by atoms with Gasteiger partial charge in [-0.2, -0.15) is 0 Å². The van der Waals surface area contributed by atoms with E-state index in [1.165, 1.54) is 11.1 Å². The molecule has 0 spiro atoms. The van der Waals surface area contributed by atoms with Crippen molar-refractivity contribution in [2.45, 2.75) is 26.7 Å².